The zero-order valence-corrected chi connectivity index (χ0v) is 16.6. The molecule has 0 aliphatic heterocycles. The number of carbonyl (C=O) groups is 1. The van der Waals surface area contributed by atoms with Gasteiger partial charge in [-0.25, -0.2) is 9.07 Å². The highest BCUT2D eigenvalue weighted by Crippen LogP contribution is 2.27. The molecule has 0 fully saturated rings. The van der Waals surface area contributed by atoms with Gasteiger partial charge in [-0.2, -0.15) is 5.10 Å². The number of halogens is 1. The summed E-state index contributed by atoms with van der Waals surface area (Å²) in [5, 5.41) is 7.57. The predicted octanol–water partition coefficient (Wildman–Crippen LogP) is 3.76. The van der Waals surface area contributed by atoms with Crippen LogP contribution in [-0.4, -0.2) is 35.8 Å². The van der Waals surface area contributed by atoms with Gasteiger partial charge in [0.1, 0.15) is 5.82 Å². The van der Waals surface area contributed by atoms with E-state index >= 15 is 0 Å². The fraction of sp³-hybridized carbons (Fsp3) is 0.304. The minimum Gasteiger partial charge on any atom is -0.375 e. The maximum Gasteiger partial charge on any atom is 0.272 e. The average Bonchev–Trinajstić information content (AvgIpc) is 3.35. The molecule has 0 radical (unpaired) electrons. The number of aromatic nitrogens is 2. The fourth-order valence-electron chi connectivity index (χ4n) is 3.83. The highest BCUT2D eigenvalue weighted by Gasteiger charge is 2.26. The molecule has 1 aliphatic carbocycles. The van der Waals surface area contributed by atoms with Gasteiger partial charge in [0.2, 0.25) is 0 Å². The van der Waals surface area contributed by atoms with Gasteiger partial charge in [0, 0.05) is 37.1 Å². The molecule has 29 heavy (non-hydrogen) atoms. The van der Waals surface area contributed by atoms with Gasteiger partial charge in [-0.05, 0) is 62.1 Å². The van der Waals surface area contributed by atoms with Crippen molar-refractivity contribution in [1.82, 2.24) is 15.1 Å². The summed E-state index contributed by atoms with van der Waals surface area (Å²) in [5.41, 5.74) is 4.53. The number of rotatable bonds is 7. The summed E-state index contributed by atoms with van der Waals surface area (Å²) in [5.74, 6) is -0.414. The summed E-state index contributed by atoms with van der Waals surface area (Å²) >= 11 is 0. The van der Waals surface area contributed by atoms with Gasteiger partial charge < -0.3 is 10.2 Å². The molecule has 4 rings (SSSR count). The third kappa shape index (κ3) is 4.16. The lowest BCUT2D eigenvalue weighted by atomic mass is 10.2. The number of fused-ring (bicyclic) bond motifs is 1. The number of hydrogen-bond acceptors (Lipinski definition) is 3. The number of amides is 1. The Morgan fingerprint density at radius 2 is 1.90 bits per heavy atom. The Morgan fingerprint density at radius 1 is 1.14 bits per heavy atom. The quantitative estimate of drug-likeness (QED) is 0.623. The first-order chi connectivity index (χ1) is 14.1. The largest absolute Gasteiger partial charge is 0.375 e. The van der Waals surface area contributed by atoms with E-state index in [0.717, 1.165) is 54.9 Å². The third-order valence-corrected chi connectivity index (χ3v) is 5.37. The first kappa shape index (κ1) is 19.2. The van der Waals surface area contributed by atoms with Crippen molar-refractivity contribution < 1.29 is 9.18 Å². The van der Waals surface area contributed by atoms with Gasteiger partial charge in [-0.3, -0.25) is 4.79 Å². The second-order valence-corrected chi connectivity index (χ2v) is 7.38. The Labute approximate surface area is 170 Å². The van der Waals surface area contributed by atoms with Crippen molar-refractivity contribution in [3.63, 3.8) is 0 Å². The molecule has 0 unspecified atom stereocenters. The monoisotopic (exact) mass is 392 g/mol. The molecular weight excluding hydrogens is 367 g/mol. The third-order valence-electron chi connectivity index (χ3n) is 5.37. The topological polar surface area (TPSA) is 50.2 Å². The van der Waals surface area contributed by atoms with Gasteiger partial charge in [-0.15, -0.1) is 0 Å². The average molecular weight is 392 g/mol. The van der Waals surface area contributed by atoms with Crippen LogP contribution < -0.4 is 10.2 Å². The zero-order chi connectivity index (χ0) is 20.2. The highest BCUT2D eigenvalue weighted by molar-refractivity contribution is 5.94. The van der Waals surface area contributed by atoms with Crippen LogP contribution in [0.4, 0.5) is 10.1 Å². The molecule has 1 amide bonds. The van der Waals surface area contributed by atoms with Crippen LogP contribution in [0.1, 0.15) is 34.6 Å². The van der Waals surface area contributed by atoms with Crippen LogP contribution in [-0.2, 0) is 12.8 Å². The van der Waals surface area contributed by atoms with E-state index < -0.39 is 0 Å². The maximum absolute atomic E-state index is 13.3. The highest BCUT2D eigenvalue weighted by atomic mass is 19.1. The van der Waals surface area contributed by atoms with Crippen molar-refractivity contribution in [2.75, 3.05) is 25.0 Å². The zero-order valence-electron chi connectivity index (χ0n) is 16.6. The van der Waals surface area contributed by atoms with E-state index in [1.165, 1.54) is 12.1 Å². The number of hydrogen-bond donors (Lipinski definition) is 1. The molecule has 2 aromatic carbocycles. The number of para-hydroxylation sites is 1. The molecule has 0 saturated carbocycles. The van der Waals surface area contributed by atoms with Crippen LogP contribution in [0.15, 0.2) is 54.6 Å². The van der Waals surface area contributed by atoms with Crippen molar-refractivity contribution in [2.24, 2.45) is 0 Å². The number of carbonyl (C=O) groups excluding carboxylic acids is 1. The molecule has 6 heteroatoms. The van der Waals surface area contributed by atoms with E-state index in [2.05, 4.69) is 27.4 Å². The van der Waals surface area contributed by atoms with E-state index in [0.29, 0.717) is 12.2 Å². The minimum atomic E-state index is -0.281. The Bertz CT molecular complexity index is 982. The summed E-state index contributed by atoms with van der Waals surface area (Å²) in [6.45, 7) is 1.45. The van der Waals surface area contributed by atoms with Gasteiger partial charge in [0.05, 0.1) is 5.69 Å². The minimum absolute atomic E-state index is 0.133. The SMILES string of the molecule is CN(CCCNC(=O)c1nn(-c2ccc(F)cc2)c2c1CCC2)c1ccccc1. The number of anilines is 1. The first-order valence-electron chi connectivity index (χ1n) is 10.0. The lowest BCUT2D eigenvalue weighted by Crippen LogP contribution is -2.29. The molecule has 5 nitrogen and oxygen atoms in total. The van der Waals surface area contributed by atoms with Crippen LogP contribution in [0.5, 0.6) is 0 Å². The summed E-state index contributed by atoms with van der Waals surface area (Å²) in [7, 11) is 2.05. The van der Waals surface area contributed by atoms with E-state index in [4.69, 9.17) is 0 Å². The van der Waals surface area contributed by atoms with E-state index in [1.54, 1.807) is 16.8 Å². The van der Waals surface area contributed by atoms with Crippen LogP contribution in [0.3, 0.4) is 0 Å². The summed E-state index contributed by atoms with van der Waals surface area (Å²) in [6.07, 6.45) is 3.60. The van der Waals surface area contributed by atoms with Crippen molar-refractivity contribution in [1.29, 1.82) is 0 Å². The molecule has 1 aromatic heterocycles. The molecule has 1 N–H and O–H groups in total. The summed E-state index contributed by atoms with van der Waals surface area (Å²) in [6, 6.07) is 16.4. The Kier molecular flexibility index (Phi) is 5.60. The molecule has 1 aliphatic rings. The van der Waals surface area contributed by atoms with Gasteiger partial charge in [0.25, 0.3) is 5.91 Å². The van der Waals surface area contributed by atoms with Gasteiger partial charge >= 0.3 is 0 Å². The Morgan fingerprint density at radius 3 is 2.66 bits per heavy atom. The number of nitrogens with zero attached hydrogens (tertiary/aromatic N) is 3. The number of benzene rings is 2. The van der Waals surface area contributed by atoms with Crippen molar-refractivity contribution in [2.45, 2.75) is 25.7 Å². The van der Waals surface area contributed by atoms with E-state index in [-0.39, 0.29) is 11.7 Å². The second kappa shape index (κ2) is 8.47. The Balaban J connectivity index is 1.39. The molecular formula is C23H25FN4O. The lowest BCUT2D eigenvalue weighted by Gasteiger charge is -2.19. The van der Waals surface area contributed by atoms with E-state index in [9.17, 15) is 9.18 Å². The predicted molar refractivity (Wildman–Crippen MR) is 112 cm³/mol. The molecule has 0 spiro atoms. The van der Waals surface area contributed by atoms with Gasteiger partial charge in [-0.1, -0.05) is 18.2 Å². The van der Waals surface area contributed by atoms with Crippen molar-refractivity contribution in [3.05, 3.63) is 77.4 Å². The summed E-state index contributed by atoms with van der Waals surface area (Å²) in [4.78, 5) is 14.9. The smallest absolute Gasteiger partial charge is 0.272 e. The first-order valence-corrected chi connectivity index (χ1v) is 10.0. The lowest BCUT2D eigenvalue weighted by molar-refractivity contribution is 0.0947. The van der Waals surface area contributed by atoms with Crippen LogP contribution in [0.25, 0.3) is 5.69 Å². The molecule has 0 bridgehead atoms. The normalized spacial score (nSPS) is 12.6. The van der Waals surface area contributed by atoms with E-state index in [1.807, 2.05) is 25.2 Å². The molecule has 150 valence electrons. The van der Waals surface area contributed by atoms with Gasteiger partial charge in [0.15, 0.2) is 5.69 Å². The molecule has 0 atom stereocenters. The molecule has 1 heterocycles. The fourth-order valence-corrected chi connectivity index (χ4v) is 3.83. The van der Waals surface area contributed by atoms with Crippen molar-refractivity contribution >= 4 is 11.6 Å². The Hall–Kier alpha value is -3.15. The second-order valence-electron chi connectivity index (χ2n) is 7.38. The molecule has 3 aromatic rings. The summed E-state index contributed by atoms with van der Waals surface area (Å²) < 4.78 is 15.0. The number of nitrogens with one attached hydrogen (secondary N) is 1. The molecule has 0 saturated heterocycles. The van der Waals surface area contributed by atoms with Crippen LogP contribution in [0.2, 0.25) is 0 Å². The van der Waals surface area contributed by atoms with Crippen LogP contribution in [0, 0.1) is 5.82 Å². The van der Waals surface area contributed by atoms with Crippen molar-refractivity contribution in [3.8, 4) is 5.69 Å². The maximum atomic E-state index is 13.3. The standard InChI is InChI=1S/C23H25FN4O/c1-27(18-7-3-2-4-8-18)16-6-15-25-23(29)22-20-9-5-10-21(20)28(26-22)19-13-11-17(24)12-14-19/h2-4,7-8,11-14H,5-6,9-10,15-16H2,1H3,(H,25,29). The van der Waals surface area contributed by atoms with Crippen LogP contribution >= 0.6 is 0 Å².